The summed E-state index contributed by atoms with van der Waals surface area (Å²) in [5.74, 6) is 0.862. The third kappa shape index (κ3) is 5.38. The molecule has 40 heavy (non-hydrogen) atoms. The van der Waals surface area contributed by atoms with E-state index in [0.29, 0.717) is 17.2 Å². The van der Waals surface area contributed by atoms with Gasteiger partial charge in [-0.3, -0.25) is 0 Å². The minimum atomic E-state index is -4.92. The second kappa shape index (κ2) is 10.1. The largest absolute Gasteiger partial charge is 0.455 e. The highest BCUT2D eigenvalue weighted by atomic mass is 19.4. The fraction of sp³-hybridized carbons (Fsp3) is 0.0625. The number of halogens is 6. The van der Waals surface area contributed by atoms with Gasteiger partial charge in [-0.25, -0.2) is 0 Å². The van der Waals surface area contributed by atoms with Crippen molar-refractivity contribution < 1.29 is 31.1 Å². The van der Waals surface area contributed by atoms with Gasteiger partial charge in [0.25, 0.3) is 0 Å². The Morgan fingerprint density at radius 2 is 1.15 bits per heavy atom. The van der Waals surface area contributed by atoms with Gasteiger partial charge in [0.1, 0.15) is 11.5 Å². The summed E-state index contributed by atoms with van der Waals surface area (Å²) in [6.45, 7) is 4.07. The summed E-state index contributed by atoms with van der Waals surface area (Å²) in [5.41, 5.74) is 6.08. The lowest BCUT2D eigenvalue weighted by molar-refractivity contribution is -0.143. The van der Waals surface area contributed by atoms with Gasteiger partial charge in [-0.1, -0.05) is 73.3 Å². The molecular formula is C32H21F6NO. The first-order chi connectivity index (χ1) is 18.9. The molecule has 0 atom stereocenters. The molecule has 8 heteroatoms. The molecule has 0 aliphatic rings. The fourth-order valence-corrected chi connectivity index (χ4v) is 4.52. The van der Waals surface area contributed by atoms with Gasteiger partial charge in [-0.2, -0.15) is 26.3 Å². The van der Waals surface area contributed by atoms with E-state index in [2.05, 4.69) is 6.58 Å². The Labute approximate surface area is 226 Å². The van der Waals surface area contributed by atoms with E-state index in [1.165, 1.54) is 12.1 Å². The standard InChI is InChI=1S/C32H21F6NO/c1-19(40-30-9-5-4-8-29(30)39)25-14-15-26(28-7-3-2-6-27(25)28)21-12-10-20(11-13-21)22-16-23(31(33,34)35)18-24(17-22)32(36,37)38/h2-18H,1,39H2. The summed E-state index contributed by atoms with van der Waals surface area (Å²) in [7, 11) is 0. The lowest BCUT2D eigenvalue weighted by Crippen LogP contribution is -2.11. The monoisotopic (exact) mass is 549 g/mol. The van der Waals surface area contributed by atoms with Crippen molar-refractivity contribution >= 4 is 22.2 Å². The van der Waals surface area contributed by atoms with E-state index in [0.717, 1.165) is 39.6 Å². The predicted octanol–water partition coefficient (Wildman–Crippen LogP) is 9.84. The maximum absolute atomic E-state index is 13.3. The lowest BCUT2D eigenvalue weighted by Gasteiger charge is -2.16. The van der Waals surface area contributed by atoms with Crippen LogP contribution in [-0.2, 0) is 12.4 Å². The van der Waals surface area contributed by atoms with Gasteiger partial charge in [-0.05, 0) is 69.4 Å². The van der Waals surface area contributed by atoms with Crippen molar-refractivity contribution in [2.45, 2.75) is 12.4 Å². The van der Waals surface area contributed by atoms with Gasteiger partial charge < -0.3 is 10.5 Å². The number of anilines is 1. The molecule has 0 bridgehead atoms. The highest BCUT2D eigenvalue weighted by Gasteiger charge is 2.37. The van der Waals surface area contributed by atoms with Crippen LogP contribution in [-0.4, -0.2) is 0 Å². The lowest BCUT2D eigenvalue weighted by atomic mass is 9.93. The number of benzene rings is 5. The molecule has 0 amide bonds. The molecule has 0 radical (unpaired) electrons. The maximum atomic E-state index is 13.3. The van der Waals surface area contributed by atoms with E-state index in [1.807, 2.05) is 36.4 Å². The average Bonchev–Trinajstić information content (AvgIpc) is 2.92. The van der Waals surface area contributed by atoms with Gasteiger partial charge in [0, 0.05) is 5.56 Å². The predicted molar refractivity (Wildman–Crippen MR) is 145 cm³/mol. The molecule has 2 N–H and O–H groups in total. The van der Waals surface area contributed by atoms with E-state index in [-0.39, 0.29) is 17.2 Å². The number of fused-ring (bicyclic) bond motifs is 1. The minimum Gasteiger partial charge on any atom is -0.455 e. The molecule has 0 heterocycles. The molecule has 5 aromatic rings. The zero-order valence-corrected chi connectivity index (χ0v) is 20.8. The Balaban J connectivity index is 1.52. The summed E-state index contributed by atoms with van der Waals surface area (Å²) in [4.78, 5) is 0. The van der Waals surface area contributed by atoms with Crippen molar-refractivity contribution in [3.05, 3.63) is 126 Å². The van der Waals surface area contributed by atoms with Crippen LogP contribution >= 0.6 is 0 Å². The Bertz CT molecular complexity index is 1690. The van der Waals surface area contributed by atoms with Crippen LogP contribution in [0.25, 0.3) is 38.8 Å². The van der Waals surface area contributed by atoms with Gasteiger partial charge in [-0.15, -0.1) is 0 Å². The van der Waals surface area contributed by atoms with Crippen molar-refractivity contribution in [2.75, 3.05) is 5.73 Å². The summed E-state index contributed by atoms with van der Waals surface area (Å²) in [5, 5.41) is 1.70. The summed E-state index contributed by atoms with van der Waals surface area (Å²) in [6.07, 6.45) is -9.84. The molecule has 5 aromatic carbocycles. The van der Waals surface area contributed by atoms with Crippen LogP contribution in [0.5, 0.6) is 5.75 Å². The van der Waals surface area contributed by atoms with E-state index >= 15 is 0 Å². The van der Waals surface area contributed by atoms with Crippen molar-refractivity contribution in [1.82, 2.24) is 0 Å². The SMILES string of the molecule is C=C(Oc1ccccc1N)c1ccc(-c2ccc(-c3cc(C(F)(F)F)cc(C(F)(F)F)c3)cc2)c2ccccc12. The molecule has 0 aliphatic carbocycles. The minimum absolute atomic E-state index is 0.120. The Kier molecular flexibility index (Phi) is 6.79. The molecule has 0 spiro atoms. The third-order valence-corrected chi connectivity index (χ3v) is 6.49. The third-order valence-electron chi connectivity index (χ3n) is 6.49. The van der Waals surface area contributed by atoms with Gasteiger partial charge in [0.15, 0.2) is 0 Å². The quantitative estimate of drug-likeness (QED) is 0.135. The molecule has 0 fully saturated rings. The number of hydrogen-bond acceptors (Lipinski definition) is 2. The van der Waals surface area contributed by atoms with Crippen LogP contribution in [0.1, 0.15) is 16.7 Å². The molecule has 0 aromatic heterocycles. The normalized spacial score (nSPS) is 11.9. The average molecular weight is 550 g/mol. The van der Waals surface area contributed by atoms with Crippen molar-refractivity contribution in [3.63, 3.8) is 0 Å². The van der Waals surface area contributed by atoms with Crippen LogP contribution in [0.3, 0.4) is 0 Å². The Morgan fingerprint density at radius 3 is 1.75 bits per heavy atom. The maximum Gasteiger partial charge on any atom is 0.416 e. The van der Waals surface area contributed by atoms with Gasteiger partial charge in [0.2, 0.25) is 0 Å². The molecule has 5 rings (SSSR count). The fourth-order valence-electron chi connectivity index (χ4n) is 4.52. The van der Waals surface area contributed by atoms with Crippen LogP contribution in [0.2, 0.25) is 0 Å². The number of rotatable bonds is 5. The van der Waals surface area contributed by atoms with E-state index in [1.54, 1.807) is 36.4 Å². The van der Waals surface area contributed by atoms with Crippen LogP contribution in [0.15, 0.2) is 110 Å². The molecule has 202 valence electrons. The summed E-state index contributed by atoms with van der Waals surface area (Å²) in [6, 6.07) is 26.2. The summed E-state index contributed by atoms with van der Waals surface area (Å²) >= 11 is 0. The molecular weight excluding hydrogens is 528 g/mol. The number of para-hydroxylation sites is 2. The van der Waals surface area contributed by atoms with E-state index in [9.17, 15) is 26.3 Å². The van der Waals surface area contributed by atoms with Crippen molar-refractivity contribution in [1.29, 1.82) is 0 Å². The first-order valence-electron chi connectivity index (χ1n) is 12.1. The highest BCUT2D eigenvalue weighted by molar-refractivity contribution is 6.02. The molecule has 0 saturated carbocycles. The molecule has 2 nitrogen and oxygen atoms in total. The van der Waals surface area contributed by atoms with Crippen molar-refractivity contribution in [3.8, 4) is 28.0 Å². The second-order valence-corrected chi connectivity index (χ2v) is 9.14. The van der Waals surface area contributed by atoms with Crippen molar-refractivity contribution in [2.24, 2.45) is 0 Å². The first kappa shape index (κ1) is 26.9. The first-order valence-corrected chi connectivity index (χ1v) is 12.1. The highest BCUT2D eigenvalue weighted by Crippen LogP contribution is 2.40. The van der Waals surface area contributed by atoms with Crippen LogP contribution in [0, 0.1) is 0 Å². The van der Waals surface area contributed by atoms with Gasteiger partial charge >= 0.3 is 12.4 Å². The number of hydrogen-bond donors (Lipinski definition) is 1. The molecule has 0 saturated heterocycles. The van der Waals surface area contributed by atoms with Gasteiger partial charge in [0.05, 0.1) is 16.8 Å². The number of ether oxygens (including phenoxy) is 1. The Morgan fingerprint density at radius 1 is 0.600 bits per heavy atom. The van der Waals surface area contributed by atoms with Crippen LogP contribution in [0.4, 0.5) is 32.0 Å². The smallest absolute Gasteiger partial charge is 0.416 e. The van der Waals surface area contributed by atoms with E-state index in [4.69, 9.17) is 10.5 Å². The number of alkyl halides is 6. The molecule has 0 aliphatic heterocycles. The topological polar surface area (TPSA) is 35.2 Å². The molecule has 0 unspecified atom stereocenters. The summed E-state index contributed by atoms with van der Waals surface area (Å²) < 4.78 is 85.9. The zero-order valence-electron chi connectivity index (χ0n) is 20.8. The van der Waals surface area contributed by atoms with Crippen LogP contribution < -0.4 is 10.5 Å². The zero-order chi connectivity index (χ0) is 28.7. The second-order valence-electron chi connectivity index (χ2n) is 9.14. The number of nitrogen functional groups attached to an aromatic ring is 1. The number of nitrogens with two attached hydrogens (primary N) is 1. The van der Waals surface area contributed by atoms with E-state index < -0.39 is 23.5 Å². The Hall–Kier alpha value is -4.72.